The predicted molar refractivity (Wildman–Crippen MR) is 74.4 cm³/mol. The van der Waals surface area contributed by atoms with Crippen LogP contribution in [-0.2, 0) is 16.0 Å². The molecule has 0 unspecified atom stereocenters. The van der Waals surface area contributed by atoms with Gasteiger partial charge in [0.05, 0.1) is 24.8 Å². The second-order valence-electron chi connectivity index (χ2n) is 3.89. The fourth-order valence-electron chi connectivity index (χ4n) is 1.65. The van der Waals surface area contributed by atoms with E-state index in [-0.39, 0.29) is 5.91 Å². The molecule has 1 N–H and O–H groups in total. The van der Waals surface area contributed by atoms with Crippen LogP contribution in [0.5, 0.6) is 0 Å². The maximum atomic E-state index is 11.9. The smallest absolute Gasteiger partial charge is 0.339 e. The standard InChI is InChI=1S/C14H13NO3S/c1-18-14(17)11-4-2-3-5-12(11)15-13(16)8-10-6-7-19-9-10/h2-7,9H,8H2,1H3,(H,15,16). The van der Waals surface area contributed by atoms with Crippen molar-refractivity contribution in [1.82, 2.24) is 0 Å². The molecule has 0 aliphatic carbocycles. The van der Waals surface area contributed by atoms with Gasteiger partial charge in [0.2, 0.25) is 5.91 Å². The SMILES string of the molecule is COC(=O)c1ccccc1NC(=O)Cc1ccsc1. The van der Waals surface area contributed by atoms with Gasteiger partial charge in [0.1, 0.15) is 0 Å². The Morgan fingerprint density at radius 2 is 2.05 bits per heavy atom. The summed E-state index contributed by atoms with van der Waals surface area (Å²) in [4.78, 5) is 23.4. The van der Waals surface area contributed by atoms with Crippen molar-refractivity contribution in [1.29, 1.82) is 0 Å². The molecule has 0 spiro atoms. The zero-order valence-electron chi connectivity index (χ0n) is 10.4. The van der Waals surface area contributed by atoms with Crippen molar-refractivity contribution in [2.45, 2.75) is 6.42 Å². The van der Waals surface area contributed by atoms with Gasteiger partial charge in [-0.1, -0.05) is 12.1 Å². The van der Waals surface area contributed by atoms with Gasteiger partial charge in [0.25, 0.3) is 0 Å². The summed E-state index contributed by atoms with van der Waals surface area (Å²) in [5.41, 5.74) is 1.77. The third-order valence-corrected chi connectivity index (χ3v) is 3.28. The zero-order valence-corrected chi connectivity index (χ0v) is 11.2. The van der Waals surface area contributed by atoms with Crippen LogP contribution < -0.4 is 5.32 Å². The number of hydrogen-bond donors (Lipinski definition) is 1. The monoisotopic (exact) mass is 275 g/mol. The largest absolute Gasteiger partial charge is 0.465 e. The van der Waals surface area contributed by atoms with Crippen molar-refractivity contribution < 1.29 is 14.3 Å². The van der Waals surface area contributed by atoms with Gasteiger partial charge in [-0.15, -0.1) is 0 Å². The van der Waals surface area contributed by atoms with Gasteiger partial charge >= 0.3 is 5.97 Å². The summed E-state index contributed by atoms with van der Waals surface area (Å²) >= 11 is 1.55. The second-order valence-corrected chi connectivity index (χ2v) is 4.67. The maximum Gasteiger partial charge on any atom is 0.339 e. The Morgan fingerprint density at radius 1 is 1.26 bits per heavy atom. The zero-order chi connectivity index (χ0) is 13.7. The van der Waals surface area contributed by atoms with Crippen molar-refractivity contribution in [3.8, 4) is 0 Å². The van der Waals surface area contributed by atoms with Gasteiger partial charge in [0.15, 0.2) is 0 Å². The number of benzene rings is 1. The second kappa shape index (κ2) is 6.15. The van der Waals surface area contributed by atoms with Crippen molar-refractivity contribution in [3.05, 3.63) is 52.2 Å². The molecule has 2 aromatic rings. The first-order valence-electron chi connectivity index (χ1n) is 5.69. The molecule has 4 nitrogen and oxygen atoms in total. The van der Waals surface area contributed by atoms with Crippen molar-refractivity contribution >= 4 is 28.9 Å². The van der Waals surface area contributed by atoms with E-state index < -0.39 is 5.97 Å². The molecule has 98 valence electrons. The van der Waals surface area contributed by atoms with Gasteiger partial charge in [-0.05, 0) is 34.5 Å². The number of methoxy groups -OCH3 is 1. The lowest BCUT2D eigenvalue weighted by Gasteiger charge is -2.09. The first-order valence-corrected chi connectivity index (χ1v) is 6.63. The van der Waals surface area contributed by atoms with E-state index in [2.05, 4.69) is 10.1 Å². The van der Waals surface area contributed by atoms with Gasteiger partial charge in [-0.25, -0.2) is 4.79 Å². The van der Waals surface area contributed by atoms with E-state index in [9.17, 15) is 9.59 Å². The third-order valence-electron chi connectivity index (χ3n) is 2.55. The molecule has 5 heteroatoms. The van der Waals surface area contributed by atoms with E-state index in [0.29, 0.717) is 17.7 Å². The number of esters is 1. The van der Waals surface area contributed by atoms with Crippen LogP contribution in [0.1, 0.15) is 15.9 Å². The fraction of sp³-hybridized carbons (Fsp3) is 0.143. The Balaban J connectivity index is 2.10. The Hall–Kier alpha value is -2.14. The van der Waals surface area contributed by atoms with Gasteiger partial charge in [-0.3, -0.25) is 4.79 Å². The Morgan fingerprint density at radius 3 is 2.74 bits per heavy atom. The summed E-state index contributed by atoms with van der Waals surface area (Å²) < 4.78 is 4.68. The average molecular weight is 275 g/mol. The number of amides is 1. The minimum Gasteiger partial charge on any atom is -0.465 e. The minimum absolute atomic E-state index is 0.158. The quantitative estimate of drug-likeness (QED) is 0.873. The van der Waals surface area contributed by atoms with Gasteiger partial charge < -0.3 is 10.1 Å². The number of thiophene rings is 1. The summed E-state index contributed by atoms with van der Waals surface area (Å²) in [6.07, 6.45) is 0.291. The molecule has 0 atom stereocenters. The summed E-state index contributed by atoms with van der Waals surface area (Å²) in [6.45, 7) is 0. The normalized spacial score (nSPS) is 9.95. The third kappa shape index (κ3) is 3.42. The number of rotatable bonds is 4. The molecule has 1 heterocycles. The first-order chi connectivity index (χ1) is 9.20. The highest BCUT2D eigenvalue weighted by Crippen LogP contribution is 2.16. The number of anilines is 1. The molecule has 0 bridgehead atoms. The van der Waals surface area contributed by atoms with Crippen LogP contribution >= 0.6 is 11.3 Å². The molecule has 0 aliphatic rings. The van der Waals surface area contributed by atoms with E-state index in [1.807, 2.05) is 16.8 Å². The number of hydrogen-bond acceptors (Lipinski definition) is 4. The van der Waals surface area contributed by atoms with E-state index in [4.69, 9.17) is 0 Å². The van der Waals surface area contributed by atoms with Crippen LogP contribution in [-0.4, -0.2) is 19.0 Å². The molecular weight excluding hydrogens is 262 g/mol. The van der Waals surface area contributed by atoms with Gasteiger partial charge in [0, 0.05) is 0 Å². The number of ether oxygens (including phenoxy) is 1. The number of carbonyl (C=O) groups is 2. The lowest BCUT2D eigenvalue weighted by molar-refractivity contribution is -0.115. The summed E-state index contributed by atoms with van der Waals surface area (Å²) in [7, 11) is 1.31. The number of carbonyl (C=O) groups excluding carboxylic acids is 2. The summed E-state index contributed by atoms with van der Waals surface area (Å²) in [5.74, 6) is -0.624. The Bertz CT molecular complexity index is 578. The molecule has 0 radical (unpaired) electrons. The van der Waals surface area contributed by atoms with Crippen molar-refractivity contribution in [2.75, 3.05) is 12.4 Å². The lowest BCUT2D eigenvalue weighted by Crippen LogP contribution is -2.16. The van der Waals surface area contributed by atoms with Crippen LogP contribution in [0.3, 0.4) is 0 Å². The van der Waals surface area contributed by atoms with E-state index in [1.165, 1.54) is 7.11 Å². The van der Waals surface area contributed by atoms with E-state index in [1.54, 1.807) is 35.6 Å². The highest BCUT2D eigenvalue weighted by atomic mass is 32.1. The maximum absolute atomic E-state index is 11.9. The fourth-order valence-corrected chi connectivity index (χ4v) is 2.32. The van der Waals surface area contributed by atoms with E-state index in [0.717, 1.165) is 5.56 Å². The molecule has 0 fully saturated rings. The molecule has 19 heavy (non-hydrogen) atoms. The predicted octanol–water partition coefficient (Wildman–Crippen LogP) is 2.72. The van der Waals surface area contributed by atoms with Crippen molar-refractivity contribution in [3.63, 3.8) is 0 Å². The highest BCUT2D eigenvalue weighted by Gasteiger charge is 2.13. The van der Waals surface area contributed by atoms with Crippen LogP contribution in [0.15, 0.2) is 41.1 Å². The first kappa shape index (κ1) is 13.3. The van der Waals surface area contributed by atoms with Crippen LogP contribution in [0.2, 0.25) is 0 Å². The Kier molecular flexibility index (Phi) is 4.30. The number of para-hydroxylation sites is 1. The number of nitrogens with one attached hydrogen (secondary N) is 1. The van der Waals surface area contributed by atoms with Crippen LogP contribution in [0, 0.1) is 0 Å². The lowest BCUT2D eigenvalue weighted by atomic mass is 10.1. The minimum atomic E-state index is -0.466. The van der Waals surface area contributed by atoms with Crippen molar-refractivity contribution in [2.24, 2.45) is 0 Å². The average Bonchev–Trinajstić information content (AvgIpc) is 2.91. The topological polar surface area (TPSA) is 55.4 Å². The molecule has 1 aromatic heterocycles. The molecule has 0 saturated heterocycles. The van der Waals surface area contributed by atoms with Crippen LogP contribution in [0.25, 0.3) is 0 Å². The molecule has 0 saturated carbocycles. The van der Waals surface area contributed by atoms with E-state index >= 15 is 0 Å². The van der Waals surface area contributed by atoms with Gasteiger partial charge in [-0.2, -0.15) is 11.3 Å². The summed E-state index contributed by atoms with van der Waals surface area (Å²) in [6, 6.07) is 8.67. The summed E-state index contributed by atoms with van der Waals surface area (Å²) in [5, 5.41) is 6.57. The molecule has 2 rings (SSSR count). The molecule has 1 aromatic carbocycles. The molecule has 1 amide bonds. The molecule has 0 aliphatic heterocycles. The highest BCUT2D eigenvalue weighted by molar-refractivity contribution is 7.08. The molecular formula is C14H13NO3S. The van der Waals surface area contributed by atoms with Crippen LogP contribution in [0.4, 0.5) is 5.69 Å². The Labute approximate surface area is 115 Å².